The lowest BCUT2D eigenvalue weighted by Crippen LogP contribution is -2.34. The van der Waals surface area contributed by atoms with Crippen molar-refractivity contribution in [2.75, 3.05) is 7.11 Å². The summed E-state index contributed by atoms with van der Waals surface area (Å²) >= 11 is 0. The first-order valence-electron chi connectivity index (χ1n) is 9.87. The molecule has 0 bridgehead atoms. The molecule has 1 atom stereocenters. The van der Waals surface area contributed by atoms with Gasteiger partial charge in [0, 0.05) is 22.7 Å². The van der Waals surface area contributed by atoms with Gasteiger partial charge < -0.3 is 15.2 Å². The van der Waals surface area contributed by atoms with Gasteiger partial charge in [0.05, 0.1) is 12.6 Å². The number of rotatable bonds is 5. The first kappa shape index (κ1) is 20.9. The maximum atomic E-state index is 13.0. The molecule has 0 saturated heterocycles. The third kappa shape index (κ3) is 3.83. The summed E-state index contributed by atoms with van der Waals surface area (Å²) in [6.45, 7) is 0. The monoisotopic (exact) mass is 428 g/mol. The van der Waals surface area contributed by atoms with Gasteiger partial charge in [-0.05, 0) is 42.0 Å². The molecule has 1 heterocycles. The van der Waals surface area contributed by atoms with Crippen molar-refractivity contribution in [3.8, 4) is 5.75 Å². The number of hydrogen-bond donors (Lipinski definition) is 2. The smallest absolute Gasteiger partial charge is 0.333 e. The van der Waals surface area contributed by atoms with E-state index in [1.807, 2.05) is 0 Å². The average molecular weight is 428 g/mol. The van der Waals surface area contributed by atoms with Crippen LogP contribution < -0.4 is 5.32 Å². The van der Waals surface area contributed by atoms with Gasteiger partial charge in [-0.3, -0.25) is 14.2 Å². The number of aromatic hydroxyl groups is 1. The summed E-state index contributed by atoms with van der Waals surface area (Å²) in [5.41, 5.74) is 1.46. The number of carbonyl (C=O) groups excluding carboxylic acids is 3. The van der Waals surface area contributed by atoms with Crippen molar-refractivity contribution in [2.45, 2.75) is 6.04 Å². The Hall–Kier alpha value is -4.39. The molecule has 0 aliphatic heterocycles. The molecule has 3 aromatic carbocycles. The Balaban J connectivity index is 1.79. The number of methoxy groups -OCH3 is 1. The van der Waals surface area contributed by atoms with Gasteiger partial charge >= 0.3 is 5.97 Å². The van der Waals surface area contributed by atoms with Crippen LogP contribution in [-0.4, -0.2) is 34.6 Å². The standard InChI is InChI=1S/C25H20N2O5/c1-32-25(31)21(26-23(29)16-8-4-2-5-9-16)18-12-13-20(28)22-19(18)14-15-27(22)24(30)17-10-6-3-7-11-17/h2-15,21,28H,1H3,(H,26,29). The van der Waals surface area contributed by atoms with E-state index >= 15 is 0 Å². The maximum absolute atomic E-state index is 13.0. The molecule has 32 heavy (non-hydrogen) atoms. The number of amides is 1. The van der Waals surface area contributed by atoms with Gasteiger partial charge in [0.15, 0.2) is 6.04 Å². The number of fused-ring (bicyclic) bond motifs is 1. The van der Waals surface area contributed by atoms with Crippen molar-refractivity contribution in [1.82, 2.24) is 9.88 Å². The van der Waals surface area contributed by atoms with Crippen LogP contribution in [0.25, 0.3) is 10.9 Å². The van der Waals surface area contributed by atoms with Gasteiger partial charge in [0.1, 0.15) is 5.75 Å². The van der Waals surface area contributed by atoms with Crippen LogP contribution in [0.15, 0.2) is 85.1 Å². The van der Waals surface area contributed by atoms with E-state index in [0.29, 0.717) is 22.1 Å². The number of carbonyl (C=O) groups is 3. The van der Waals surface area contributed by atoms with E-state index < -0.39 is 17.9 Å². The second-order valence-electron chi connectivity index (χ2n) is 7.09. The second kappa shape index (κ2) is 8.77. The molecule has 4 rings (SSSR count). The van der Waals surface area contributed by atoms with E-state index in [4.69, 9.17) is 4.74 Å². The molecule has 0 saturated carbocycles. The Kier molecular flexibility index (Phi) is 5.72. The summed E-state index contributed by atoms with van der Waals surface area (Å²) in [5.74, 6) is -1.60. The van der Waals surface area contributed by atoms with E-state index in [0.717, 1.165) is 0 Å². The first-order chi connectivity index (χ1) is 15.5. The molecule has 0 radical (unpaired) electrons. The van der Waals surface area contributed by atoms with Gasteiger partial charge in [-0.25, -0.2) is 4.79 Å². The third-order valence-electron chi connectivity index (χ3n) is 5.16. The zero-order valence-electron chi connectivity index (χ0n) is 17.2. The van der Waals surface area contributed by atoms with Crippen molar-refractivity contribution in [3.63, 3.8) is 0 Å². The first-order valence-corrected chi connectivity index (χ1v) is 9.87. The topological polar surface area (TPSA) is 97.6 Å². The molecule has 0 spiro atoms. The average Bonchev–Trinajstić information content (AvgIpc) is 3.29. The van der Waals surface area contributed by atoms with Crippen LogP contribution in [0, 0.1) is 0 Å². The lowest BCUT2D eigenvalue weighted by atomic mass is 10.0. The summed E-state index contributed by atoms with van der Waals surface area (Å²) in [7, 11) is 1.23. The second-order valence-corrected chi connectivity index (χ2v) is 7.09. The van der Waals surface area contributed by atoms with Gasteiger partial charge in [-0.15, -0.1) is 0 Å². The predicted molar refractivity (Wildman–Crippen MR) is 118 cm³/mol. The van der Waals surface area contributed by atoms with E-state index in [1.165, 1.54) is 30.0 Å². The number of ether oxygens (including phenoxy) is 1. The summed E-state index contributed by atoms with van der Waals surface area (Å²) in [5, 5.41) is 13.7. The van der Waals surface area contributed by atoms with Crippen LogP contribution >= 0.6 is 0 Å². The van der Waals surface area contributed by atoms with Gasteiger partial charge in [-0.1, -0.05) is 42.5 Å². The molecular formula is C25H20N2O5. The number of benzene rings is 3. The van der Waals surface area contributed by atoms with Crippen LogP contribution in [0.4, 0.5) is 0 Å². The Bertz CT molecular complexity index is 1300. The highest BCUT2D eigenvalue weighted by molar-refractivity contribution is 6.05. The van der Waals surface area contributed by atoms with Gasteiger partial charge in [0.25, 0.3) is 11.8 Å². The molecule has 0 aliphatic carbocycles. The van der Waals surface area contributed by atoms with Crippen molar-refractivity contribution < 1.29 is 24.2 Å². The third-order valence-corrected chi connectivity index (χ3v) is 5.16. The zero-order chi connectivity index (χ0) is 22.7. The summed E-state index contributed by atoms with van der Waals surface area (Å²) in [6.07, 6.45) is 1.52. The number of nitrogens with zero attached hydrogens (tertiary/aromatic N) is 1. The van der Waals surface area contributed by atoms with Gasteiger partial charge in [0.2, 0.25) is 0 Å². The van der Waals surface area contributed by atoms with Crippen LogP contribution in [0.5, 0.6) is 5.75 Å². The Labute approximate surface area is 183 Å². The largest absolute Gasteiger partial charge is 0.506 e. The number of hydrogen-bond acceptors (Lipinski definition) is 5. The fraction of sp³-hybridized carbons (Fsp3) is 0.0800. The minimum Gasteiger partial charge on any atom is -0.506 e. The van der Waals surface area contributed by atoms with Crippen molar-refractivity contribution in [3.05, 3.63) is 102 Å². The fourth-order valence-electron chi connectivity index (χ4n) is 3.59. The number of aromatic nitrogens is 1. The van der Waals surface area contributed by atoms with E-state index in [1.54, 1.807) is 66.7 Å². The molecule has 2 N–H and O–H groups in total. The highest BCUT2D eigenvalue weighted by Gasteiger charge is 2.28. The van der Waals surface area contributed by atoms with E-state index in [9.17, 15) is 19.5 Å². The lowest BCUT2D eigenvalue weighted by Gasteiger charge is -2.18. The van der Waals surface area contributed by atoms with Crippen LogP contribution in [0.1, 0.15) is 32.3 Å². The lowest BCUT2D eigenvalue weighted by molar-refractivity contribution is -0.143. The molecule has 7 nitrogen and oxygen atoms in total. The Morgan fingerprint density at radius 3 is 2.12 bits per heavy atom. The number of nitrogens with one attached hydrogen (secondary N) is 1. The molecule has 1 unspecified atom stereocenters. The molecule has 7 heteroatoms. The molecule has 1 amide bonds. The SMILES string of the molecule is COC(=O)C(NC(=O)c1ccccc1)c1ccc(O)c2c1ccn2C(=O)c1ccccc1. The summed E-state index contributed by atoms with van der Waals surface area (Å²) in [4.78, 5) is 38.3. The number of esters is 1. The molecule has 1 aromatic heterocycles. The molecule has 4 aromatic rings. The van der Waals surface area contributed by atoms with Gasteiger partial charge in [-0.2, -0.15) is 0 Å². The minimum absolute atomic E-state index is 0.129. The highest BCUT2D eigenvalue weighted by atomic mass is 16.5. The normalized spacial score (nSPS) is 11.7. The fourth-order valence-corrected chi connectivity index (χ4v) is 3.59. The summed E-state index contributed by atoms with van der Waals surface area (Å²) < 4.78 is 6.23. The summed E-state index contributed by atoms with van der Waals surface area (Å²) in [6, 6.07) is 20.5. The zero-order valence-corrected chi connectivity index (χ0v) is 17.2. The highest BCUT2D eigenvalue weighted by Crippen LogP contribution is 2.33. The maximum Gasteiger partial charge on any atom is 0.333 e. The van der Waals surface area contributed by atoms with E-state index in [-0.39, 0.29) is 17.2 Å². The van der Waals surface area contributed by atoms with Crippen LogP contribution in [0.3, 0.4) is 0 Å². The minimum atomic E-state index is -1.14. The van der Waals surface area contributed by atoms with Crippen molar-refractivity contribution >= 4 is 28.7 Å². The Morgan fingerprint density at radius 1 is 0.875 bits per heavy atom. The predicted octanol–water partition coefficient (Wildman–Crippen LogP) is 3.68. The molecule has 160 valence electrons. The Morgan fingerprint density at radius 2 is 1.50 bits per heavy atom. The van der Waals surface area contributed by atoms with E-state index in [2.05, 4.69) is 5.32 Å². The van der Waals surface area contributed by atoms with Crippen molar-refractivity contribution in [1.29, 1.82) is 0 Å². The number of phenolic OH excluding ortho intramolecular Hbond substituents is 1. The molecular weight excluding hydrogens is 408 g/mol. The molecule has 0 aliphatic rings. The van der Waals surface area contributed by atoms with Crippen LogP contribution in [-0.2, 0) is 9.53 Å². The number of phenols is 1. The molecule has 0 fully saturated rings. The van der Waals surface area contributed by atoms with Crippen LogP contribution in [0.2, 0.25) is 0 Å². The quantitative estimate of drug-likeness (QED) is 0.473. The van der Waals surface area contributed by atoms with Crippen molar-refractivity contribution in [2.24, 2.45) is 0 Å².